The second-order valence-corrected chi connectivity index (χ2v) is 6.07. The van der Waals surface area contributed by atoms with Crippen LogP contribution in [0, 0.1) is 0 Å². The zero-order valence-corrected chi connectivity index (χ0v) is 13.1. The Morgan fingerprint density at radius 1 is 1.33 bits per heavy atom. The molecule has 110 valence electrons. The maximum atomic E-state index is 5.97. The van der Waals surface area contributed by atoms with Crippen LogP contribution in [-0.2, 0) is 12.8 Å². The molecule has 1 atom stereocenters. The lowest BCUT2D eigenvalue weighted by Crippen LogP contribution is -2.19. The standard InChI is InChI=1S/C16H19N3OS/c1-3-12-4-6-13(7-5-12)20-15-14(10-11(2)17)19-8-9-21-16(19)18-15/h4-9,11H,3,10,17H2,1-2H3. The van der Waals surface area contributed by atoms with E-state index in [2.05, 4.69) is 28.4 Å². The molecular weight excluding hydrogens is 282 g/mol. The van der Waals surface area contributed by atoms with Crippen LogP contribution in [0.2, 0.25) is 0 Å². The predicted octanol–water partition coefficient (Wildman–Crippen LogP) is 3.64. The summed E-state index contributed by atoms with van der Waals surface area (Å²) in [6, 6.07) is 8.21. The lowest BCUT2D eigenvalue weighted by Gasteiger charge is -2.08. The number of fused-ring (bicyclic) bond motifs is 1. The van der Waals surface area contributed by atoms with Crippen molar-refractivity contribution in [2.75, 3.05) is 0 Å². The lowest BCUT2D eigenvalue weighted by atomic mass is 10.2. The number of aryl methyl sites for hydroxylation is 1. The van der Waals surface area contributed by atoms with E-state index in [9.17, 15) is 0 Å². The third kappa shape index (κ3) is 2.94. The minimum absolute atomic E-state index is 0.0645. The fraction of sp³-hybridized carbons (Fsp3) is 0.312. The summed E-state index contributed by atoms with van der Waals surface area (Å²) in [7, 11) is 0. The first-order valence-corrected chi connectivity index (χ1v) is 8.02. The van der Waals surface area contributed by atoms with E-state index in [1.54, 1.807) is 11.3 Å². The molecular formula is C16H19N3OS. The second kappa shape index (κ2) is 5.87. The highest BCUT2D eigenvalue weighted by molar-refractivity contribution is 7.15. The van der Waals surface area contributed by atoms with Crippen LogP contribution >= 0.6 is 11.3 Å². The van der Waals surface area contributed by atoms with Gasteiger partial charge in [0, 0.05) is 24.0 Å². The smallest absolute Gasteiger partial charge is 0.242 e. The van der Waals surface area contributed by atoms with E-state index >= 15 is 0 Å². The molecule has 0 saturated heterocycles. The molecule has 0 radical (unpaired) electrons. The third-order valence-corrected chi connectivity index (χ3v) is 4.14. The SMILES string of the molecule is CCc1ccc(Oc2nc3sccn3c2CC(C)N)cc1. The number of imidazole rings is 1. The van der Waals surface area contributed by atoms with Crippen LogP contribution in [0.1, 0.15) is 25.1 Å². The summed E-state index contributed by atoms with van der Waals surface area (Å²) in [5, 5.41) is 2.02. The Balaban J connectivity index is 1.92. The van der Waals surface area contributed by atoms with Crippen LogP contribution in [0.5, 0.6) is 11.6 Å². The summed E-state index contributed by atoms with van der Waals surface area (Å²) in [4.78, 5) is 5.50. The summed E-state index contributed by atoms with van der Waals surface area (Å²) in [5.74, 6) is 1.47. The number of rotatable bonds is 5. The minimum Gasteiger partial charge on any atom is -0.437 e. The molecule has 0 amide bonds. The molecule has 2 aromatic heterocycles. The fourth-order valence-electron chi connectivity index (χ4n) is 2.29. The van der Waals surface area contributed by atoms with Crippen molar-refractivity contribution in [3.63, 3.8) is 0 Å². The molecule has 4 nitrogen and oxygen atoms in total. The number of hydrogen-bond donors (Lipinski definition) is 1. The van der Waals surface area contributed by atoms with E-state index in [4.69, 9.17) is 10.5 Å². The molecule has 1 aromatic carbocycles. The first-order valence-electron chi connectivity index (χ1n) is 7.14. The van der Waals surface area contributed by atoms with Gasteiger partial charge in [0.1, 0.15) is 5.75 Å². The largest absolute Gasteiger partial charge is 0.437 e. The molecule has 0 fully saturated rings. The van der Waals surface area contributed by atoms with Crippen LogP contribution < -0.4 is 10.5 Å². The van der Waals surface area contributed by atoms with Gasteiger partial charge in [0.15, 0.2) is 4.96 Å². The Morgan fingerprint density at radius 2 is 2.10 bits per heavy atom. The highest BCUT2D eigenvalue weighted by Gasteiger charge is 2.16. The molecule has 0 aliphatic heterocycles. The number of hydrogen-bond acceptors (Lipinski definition) is 4. The van der Waals surface area contributed by atoms with Gasteiger partial charge in [-0.15, -0.1) is 11.3 Å². The normalized spacial score (nSPS) is 12.7. The van der Waals surface area contributed by atoms with Crippen LogP contribution in [-0.4, -0.2) is 15.4 Å². The number of nitrogens with two attached hydrogens (primary N) is 1. The third-order valence-electron chi connectivity index (χ3n) is 3.39. The number of thiazole rings is 1. The molecule has 1 unspecified atom stereocenters. The molecule has 2 N–H and O–H groups in total. The lowest BCUT2D eigenvalue weighted by molar-refractivity contribution is 0.456. The Kier molecular flexibility index (Phi) is 3.94. The van der Waals surface area contributed by atoms with Crippen molar-refractivity contribution in [2.45, 2.75) is 32.7 Å². The topological polar surface area (TPSA) is 52.5 Å². The summed E-state index contributed by atoms with van der Waals surface area (Å²) in [5.41, 5.74) is 8.27. The average molecular weight is 301 g/mol. The van der Waals surface area contributed by atoms with Crippen molar-refractivity contribution in [1.29, 1.82) is 0 Å². The predicted molar refractivity (Wildman–Crippen MR) is 86.3 cm³/mol. The van der Waals surface area contributed by atoms with Gasteiger partial charge in [-0.1, -0.05) is 19.1 Å². The Morgan fingerprint density at radius 3 is 2.76 bits per heavy atom. The van der Waals surface area contributed by atoms with E-state index in [-0.39, 0.29) is 6.04 Å². The highest BCUT2D eigenvalue weighted by Crippen LogP contribution is 2.28. The van der Waals surface area contributed by atoms with E-state index in [1.807, 2.05) is 30.6 Å². The molecule has 0 saturated carbocycles. The quantitative estimate of drug-likeness (QED) is 0.782. The van der Waals surface area contributed by atoms with Crippen molar-refractivity contribution in [3.05, 3.63) is 47.1 Å². The van der Waals surface area contributed by atoms with Crippen molar-refractivity contribution < 1.29 is 4.74 Å². The maximum absolute atomic E-state index is 5.97. The number of ether oxygens (including phenoxy) is 1. The van der Waals surface area contributed by atoms with Crippen LogP contribution in [0.15, 0.2) is 35.8 Å². The van der Waals surface area contributed by atoms with Gasteiger partial charge in [-0.05, 0) is 31.0 Å². The molecule has 5 heteroatoms. The van der Waals surface area contributed by atoms with E-state index in [0.29, 0.717) is 5.88 Å². The van der Waals surface area contributed by atoms with Crippen LogP contribution in [0.3, 0.4) is 0 Å². The van der Waals surface area contributed by atoms with Crippen molar-refractivity contribution in [3.8, 4) is 11.6 Å². The van der Waals surface area contributed by atoms with Crippen LogP contribution in [0.4, 0.5) is 0 Å². The maximum Gasteiger partial charge on any atom is 0.242 e. The van der Waals surface area contributed by atoms with Gasteiger partial charge in [0.2, 0.25) is 5.88 Å². The molecule has 3 rings (SSSR count). The number of benzene rings is 1. The number of nitrogens with zero attached hydrogens (tertiary/aromatic N) is 2. The first-order chi connectivity index (χ1) is 10.2. The molecule has 0 spiro atoms. The van der Waals surface area contributed by atoms with Gasteiger partial charge in [0.25, 0.3) is 0 Å². The molecule has 0 bridgehead atoms. The van der Waals surface area contributed by atoms with E-state index in [1.165, 1.54) is 5.56 Å². The van der Waals surface area contributed by atoms with Gasteiger partial charge in [0.05, 0.1) is 5.69 Å². The Labute approximate surface area is 128 Å². The van der Waals surface area contributed by atoms with Gasteiger partial charge >= 0.3 is 0 Å². The number of aromatic nitrogens is 2. The van der Waals surface area contributed by atoms with Gasteiger partial charge < -0.3 is 10.5 Å². The zero-order chi connectivity index (χ0) is 14.8. The molecule has 0 aliphatic rings. The van der Waals surface area contributed by atoms with E-state index < -0.39 is 0 Å². The fourth-order valence-corrected chi connectivity index (χ4v) is 3.01. The Bertz CT molecular complexity index is 728. The average Bonchev–Trinajstić information content (AvgIpc) is 3.03. The molecule has 2 heterocycles. The van der Waals surface area contributed by atoms with Gasteiger partial charge in [-0.25, -0.2) is 0 Å². The highest BCUT2D eigenvalue weighted by atomic mass is 32.1. The first kappa shape index (κ1) is 14.1. The van der Waals surface area contributed by atoms with Crippen molar-refractivity contribution in [2.24, 2.45) is 5.73 Å². The molecule has 0 aliphatic carbocycles. The molecule has 3 aromatic rings. The molecule has 21 heavy (non-hydrogen) atoms. The summed E-state index contributed by atoms with van der Waals surface area (Å²) in [6.07, 6.45) is 3.77. The van der Waals surface area contributed by atoms with E-state index in [0.717, 1.165) is 29.2 Å². The minimum atomic E-state index is 0.0645. The zero-order valence-electron chi connectivity index (χ0n) is 12.2. The van der Waals surface area contributed by atoms with Crippen LogP contribution in [0.25, 0.3) is 4.96 Å². The second-order valence-electron chi connectivity index (χ2n) is 5.20. The monoisotopic (exact) mass is 301 g/mol. The Hall–Kier alpha value is -1.85. The summed E-state index contributed by atoms with van der Waals surface area (Å²) >= 11 is 1.60. The van der Waals surface area contributed by atoms with Crippen molar-refractivity contribution in [1.82, 2.24) is 9.38 Å². The summed E-state index contributed by atoms with van der Waals surface area (Å²) in [6.45, 7) is 4.13. The van der Waals surface area contributed by atoms with Gasteiger partial charge in [-0.3, -0.25) is 4.40 Å². The van der Waals surface area contributed by atoms with Gasteiger partial charge in [-0.2, -0.15) is 4.98 Å². The summed E-state index contributed by atoms with van der Waals surface area (Å²) < 4.78 is 8.03. The van der Waals surface area contributed by atoms with Crippen molar-refractivity contribution >= 4 is 16.3 Å².